The second-order valence-corrected chi connectivity index (χ2v) is 11.2. The lowest BCUT2D eigenvalue weighted by atomic mass is 9.94. The predicted molar refractivity (Wildman–Crippen MR) is 155 cm³/mol. The lowest BCUT2D eigenvalue weighted by Gasteiger charge is -2.22. The number of aliphatic hydroxyl groups is 1. The van der Waals surface area contributed by atoms with Gasteiger partial charge in [-0.15, -0.1) is 10.7 Å². The summed E-state index contributed by atoms with van der Waals surface area (Å²) in [7, 11) is 3.46. The lowest BCUT2D eigenvalue weighted by molar-refractivity contribution is 0.304. The van der Waals surface area contributed by atoms with Crippen molar-refractivity contribution < 1.29 is 13.9 Å². The molecule has 1 unspecified atom stereocenters. The Morgan fingerprint density at radius 1 is 1.18 bits per heavy atom. The Morgan fingerprint density at radius 2 is 1.87 bits per heavy atom. The first-order chi connectivity index (χ1) is 18.1. The van der Waals surface area contributed by atoms with Crippen molar-refractivity contribution >= 4 is 50.2 Å². The highest BCUT2D eigenvalue weighted by Crippen LogP contribution is 2.40. The van der Waals surface area contributed by atoms with Crippen molar-refractivity contribution in [2.45, 2.75) is 19.4 Å². The normalized spacial score (nSPS) is 13.2. The maximum Gasteiger partial charge on any atom is 0.166 e. The number of fused-ring (bicyclic) bond motifs is 1. The van der Waals surface area contributed by atoms with Gasteiger partial charge in [0.15, 0.2) is 5.82 Å². The summed E-state index contributed by atoms with van der Waals surface area (Å²) in [6.45, 7) is 2.32. The summed E-state index contributed by atoms with van der Waals surface area (Å²) >= 11 is 6.66. The van der Waals surface area contributed by atoms with Crippen LogP contribution in [0.5, 0.6) is 0 Å². The quantitative estimate of drug-likeness (QED) is 0.241. The Labute approximate surface area is 228 Å². The molecule has 0 aliphatic carbocycles. The van der Waals surface area contributed by atoms with E-state index in [-0.39, 0.29) is 23.7 Å². The number of pyridine rings is 1. The van der Waals surface area contributed by atoms with E-state index in [1.165, 1.54) is 12.1 Å². The molecule has 38 heavy (non-hydrogen) atoms. The van der Waals surface area contributed by atoms with Crippen LogP contribution in [0.15, 0.2) is 42.5 Å². The molecule has 0 spiro atoms. The number of hydrogen-bond acceptors (Lipinski definition) is 6. The summed E-state index contributed by atoms with van der Waals surface area (Å²) in [5, 5.41) is 17.5. The number of aromatic nitrogens is 3. The van der Waals surface area contributed by atoms with Gasteiger partial charge in [0, 0.05) is 37.8 Å². The molecule has 0 fully saturated rings. The molecule has 0 aliphatic rings. The number of rotatable bonds is 9. The third-order valence-corrected chi connectivity index (χ3v) is 7.84. The van der Waals surface area contributed by atoms with Crippen LogP contribution in [0, 0.1) is 11.6 Å². The predicted octanol–water partition coefficient (Wildman–Crippen LogP) is 5.29. The SMILES string of the molecule is C/C=S(\C)Nc1nn(C)c2c(-c3ccc(N(C)CCO)nc3[C@@H](N)Cc3cc(F)cc(F)c3)ccc(Cl)c12. The number of anilines is 2. The van der Waals surface area contributed by atoms with E-state index < -0.39 is 17.7 Å². The van der Waals surface area contributed by atoms with Gasteiger partial charge in [0.25, 0.3) is 0 Å². The van der Waals surface area contributed by atoms with E-state index in [1.54, 1.807) is 4.68 Å². The van der Waals surface area contributed by atoms with Gasteiger partial charge in [-0.2, -0.15) is 5.10 Å². The molecule has 2 atom stereocenters. The fraction of sp³-hybridized carbons (Fsp3) is 0.296. The zero-order chi connectivity index (χ0) is 27.6. The molecule has 4 aromatic rings. The standard InChI is InChI=1S/C27H31ClF2N6OS/c1-5-38(4)34-27-24-21(28)8-6-20(26(24)36(3)33-27)19-7-9-23(35(2)10-11-37)32-25(19)22(31)14-16-12-17(29)15-18(30)13-16/h5-9,12-13,15,22,37H,10-11,14,31H2,1-4H3,(H,33,34)/t22-,38?/m0/s1. The van der Waals surface area contributed by atoms with Gasteiger partial charge in [0.2, 0.25) is 0 Å². The number of benzene rings is 2. The molecule has 0 amide bonds. The number of aryl methyl sites for hydroxylation is 1. The van der Waals surface area contributed by atoms with Crippen molar-refractivity contribution in [1.82, 2.24) is 14.8 Å². The first-order valence-electron chi connectivity index (χ1n) is 12.0. The molecule has 0 aliphatic heterocycles. The van der Waals surface area contributed by atoms with Gasteiger partial charge in [-0.1, -0.05) is 17.7 Å². The molecule has 4 N–H and O–H groups in total. The summed E-state index contributed by atoms with van der Waals surface area (Å²) in [4.78, 5) is 6.67. The largest absolute Gasteiger partial charge is 0.395 e. The van der Waals surface area contributed by atoms with Crippen LogP contribution >= 0.6 is 22.3 Å². The number of nitrogens with one attached hydrogen (secondary N) is 1. The highest BCUT2D eigenvalue weighted by molar-refractivity contribution is 8.15. The molecule has 7 nitrogen and oxygen atoms in total. The minimum Gasteiger partial charge on any atom is -0.395 e. The zero-order valence-electron chi connectivity index (χ0n) is 21.7. The van der Waals surface area contributed by atoms with Gasteiger partial charge in [-0.3, -0.25) is 4.68 Å². The molecule has 4 rings (SSSR count). The Hall–Kier alpha value is -3.05. The monoisotopic (exact) mass is 560 g/mol. The minimum atomic E-state index is -0.679. The second kappa shape index (κ2) is 11.8. The van der Waals surface area contributed by atoms with Crippen LogP contribution in [0.3, 0.4) is 0 Å². The third-order valence-electron chi connectivity index (χ3n) is 6.30. The number of likely N-dealkylation sites (N-methyl/N-ethyl adjacent to an activating group) is 1. The molecular weight excluding hydrogens is 530 g/mol. The van der Waals surface area contributed by atoms with E-state index >= 15 is 0 Å². The van der Waals surface area contributed by atoms with Crippen LogP contribution in [-0.2, 0) is 13.5 Å². The van der Waals surface area contributed by atoms with Crippen molar-refractivity contribution in [3.8, 4) is 11.1 Å². The van der Waals surface area contributed by atoms with E-state index in [2.05, 4.69) is 16.3 Å². The Balaban J connectivity index is 1.89. The summed E-state index contributed by atoms with van der Waals surface area (Å²) in [5.41, 5.74) is 10.0. The van der Waals surface area contributed by atoms with Gasteiger partial charge in [0.1, 0.15) is 17.5 Å². The smallest absolute Gasteiger partial charge is 0.166 e. The van der Waals surface area contributed by atoms with E-state index in [0.29, 0.717) is 34.5 Å². The molecule has 11 heteroatoms. The number of hydrogen-bond donors (Lipinski definition) is 3. The summed E-state index contributed by atoms with van der Waals surface area (Å²) in [6, 6.07) is 10.2. The summed E-state index contributed by atoms with van der Waals surface area (Å²) in [6.07, 6.45) is 2.22. The first kappa shape index (κ1) is 28.0. The highest BCUT2D eigenvalue weighted by Gasteiger charge is 2.23. The van der Waals surface area contributed by atoms with Crippen LogP contribution in [0.2, 0.25) is 5.02 Å². The van der Waals surface area contributed by atoms with Crippen LogP contribution in [0.4, 0.5) is 20.4 Å². The van der Waals surface area contributed by atoms with Gasteiger partial charge < -0.3 is 20.5 Å². The maximum atomic E-state index is 13.9. The van der Waals surface area contributed by atoms with E-state index in [1.807, 2.05) is 50.2 Å². The molecule has 2 aromatic carbocycles. The van der Waals surface area contributed by atoms with Crippen LogP contribution in [0.25, 0.3) is 22.0 Å². The highest BCUT2D eigenvalue weighted by atomic mass is 35.5. The third kappa shape index (κ3) is 5.83. The van der Waals surface area contributed by atoms with E-state index in [9.17, 15) is 13.9 Å². The number of halogens is 3. The van der Waals surface area contributed by atoms with Crippen molar-refractivity contribution in [2.24, 2.45) is 12.8 Å². The van der Waals surface area contributed by atoms with Crippen molar-refractivity contribution in [2.75, 3.05) is 36.1 Å². The van der Waals surface area contributed by atoms with Gasteiger partial charge in [0.05, 0.1) is 34.3 Å². The topological polar surface area (TPSA) is 92.2 Å². The first-order valence-corrected chi connectivity index (χ1v) is 14.1. The molecule has 2 heterocycles. The van der Waals surface area contributed by atoms with Crippen LogP contribution in [-0.4, -0.2) is 51.7 Å². The van der Waals surface area contributed by atoms with Crippen molar-refractivity contribution in [3.05, 3.63) is 70.4 Å². The molecule has 0 saturated heterocycles. The zero-order valence-corrected chi connectivity index (χ0v) is 23.2. The van der Waals surface area contributed by atoms with E-state index in [4.69, 9.17) is 27.4 Å². The molecule has 202 valence electrons. The Morgan fingerprint density at radius 3 is 2.53 bits per heavy atom. The van der Waals surface area contributed by atoms with Crippen LogP contribution < -0.4 is 15.4 Å². The van der Waals surface area contributed by atoms with Crippen molar-refractivity contribution in [1.29, 1.82) is 0 Å². The minimum absolute atomic E-state index is 0.0409. The fourth-order valence-electron chi connectivity index (χ4n) is 4.41. The average molecular weight is 561 g/mol. The number of nitrogens with zero attached hydrogens (tertiary/aromatic N) is 4. The molecule has 0 saturated carbocycles. The van der Waals surface area contributed by atoms with Gasteiger partial charge >= 0.3 is 0 Å². The molecule has 0 radical (unpaired) electrons. The Kier molecular flexibility index (Phi) is 8.67. The second-order valence-electron chi connectivity index (χ2n) is 9.02. The molecule has 2 aromatic heterocycles. The fourth-order valence-corrected chi connectivity index (χ4v) is 5.22. The van der Waals surface area contributed by atoms with Gasteiger partial charge in [-0.25, -0.2) is 13.8 Å². The molecule has 0 bridgehead atoms. The lowest BCUT2D eigenvalue weighted by Crippen LogP contribution is -2.24. The number of aliphatic hydroxyl groups excluding tert-OH is 1. The van der Waals surface area contributed by atoms with Crippen LogP contribution in [0.1, 0.15) is 24.2 Å². The summed E-state index contributed by atoms with van der Waals surface area (Å²) in [5.74, 6) is -0.0350. The van der Waals surface area contributed by atoms with Gasteiger partial charge in [-0.05, 0) is 60.9 Å². The number of nitrogens with two attached hydrogens (primary N) is 1. The van der Waals surface area contributed by atoms with E-state index in [0.717, 1.165) is 28.1 Å². The average Bonchev–Trinajstić information content (AvgIpc) is 3.19. The molecular formula is C27H31ClF2N6OS. The Bertz CT molecular complexity index is 1490. The van der Waals surface area contributed by atoms with Crippen molar-refractivity contribution in [3.63, 3.8) is 0 Å². The maximum absolute atomic E-state index is 13.9. The summed E-state index contributed by atoms with van der Waals surface area (Å²) < 4.78 is 33.0.